The lowest BCUT2D eigenvalue weighted by atomic mass is 10.0. The maximum Gasteiger partial charge on any atom is 0.0805 e. The summed E-state index contributed by atoms with van der Waals surface area (Å²) < 4.78 is 0. The summed E-state index contributed by atoms with van der Waals surface area (Å²) in [5.41, 5.74) is 1.26. The highest BCUT2D eigenvalue weighted by Gasteiger charge is 2.36. The van der Waals surface area contributed by atoms with Crippen molar-refractivity contribution in [2.24, 2.45) is 5.92 Å². The van der Waals surface area contributed by atoms with Crippen molar-refractivity contribution in [3.05, 3.63) is 61.2 Å². The number of benzene rings is 1. The molecule has 1 aromatic rings. The van der Waals surface area contributed by atoms with Crippen molar-refractivity contribution in [3.63, 3.8) is 0 Å². The number of aliphatic hydroxyl groups excluding tert-OH is 1. The van der Waals surface area contributed by atoms with Gasteiger partial charge in [-0.15, -0.1) is 13.2 Å². The zero-order valence-corrected chi connectivity index (χ0v) is 10.00. The molecule has 1 N–H and O–H groups in total. The Bertz CT molecular complexity index is 387. The van der Waals surface area contributed by atoms with E-state index in [0.29, 0.717) is 0 Å². The van der Waals surface area contributed by atoms with Crippen molar-refractivity contribution in [3.8, 4) is 0 Å². The van der Waals surface area contributed by atoms with E-state index in [1.165, 1.54) is 5.56 Å². The van der Waals surface area contributed by atoms with Crippen LogP contribution < -0.4 is 0 Å². The molecule has 3 atom stereocenters. The quantitative estimate of drug-likeness (QED) is 0.800. The molecule has 0 unspecified atom stereocenters. The van der Waals surface area contributed by atoms with E-state index in [1.54, 1.807) is 0 Å². The minimum atomic E-state index is -0.381. The summed E-state index contributed by atoms with van der Waals surface area (Å²) >= 11 is 0. The number of rotatable bonds is 4. The van der Waals surface area contributed by atoms with Gasteiger partial charge < -0.3 is 5.11 Å². The highest BCUT2D eigenvalue weighted by atomic mass is 16.3. The van der Waals surface area contributed by atoms with Crippen molar-refractivity contribution in [1.29, 1.82) is 0 Å². The molecule has 2 heteroatoms. The molecule has 90 valence electrons. The number of likely N-dealkylation sites (tertiary alicyclic amines) is 1. The molecule has 0 bridgehead atoms. The van der Waals surface area contributed by atoms with E-state index >= 15 is 0 Å². The van der Waals surface area contributed by atoms with Gasteiger partial charge in [0.25, 0.3) is 0 Å². The summed E-state index contributed by atoms with van der Waals surface area (Å²) in [4.78, 5) is 2.25. The first-order valence-electron chi connectivity index (χ1n) is 5.97. The second-order valence-electron chi connectivity index (χ2n) is 4.53. The van der Waals surface area contributed by atoms with Gasteiger partial charge in [0, 0.05) is 19.0 Å². The van der Waals surface area contributed by atoms with Crippen LogP contribution >= 0.6 is 0 Å². The first-order chi connectivity index (χ1) is 8.26. The predicted molar refractivity (Wildman–Crippen MR) is 70.5 cm³/mol. The molecule has 2 rings (SSSR count). The third-order valence-corrected chi connectivity index (χ3v) is 3.43. The number of hydrogen-bond acceptors (Lipinski definition) is 2. The highest BCUT2D eigenvalue weighted by Crippen LogP contribution is 2.26. The van der Waals surface area contributed by atoms with Crippen LogP contribution in [0.1, 0.15) is 5.56 Å². The van der Waals surface area contributed by atoms with Crippen molar-refractivity contribution in [2.75, 3.05) is 6.54 Å². The maximum absolute atomic E-state index is 10.1. The van der Waals surface area contributed by atoms with Gasteiger partial charge in [-0.1, -0.05) is 42.5 Å². The zero-order chi connectivity index (χ0) is 12.3. The van der Waals surface area contributed by atoms with Crippen LogP contribution in [0.2, 0.25) is 0 Å². The molecular formula is C15H19NO. The standard InChI is InChI=1S/C15H19NO/c1-3-13-11-16(14(4-2)15(13)17)10-12-8-6-5-7-9-12/h3-9,13-15,17H,1-2,10-11H2/t13-,14-,15+/m0/s1. The van der Waals surface area contributed by atoms with E-state index in [0.717, 1.165) is 13.1 Å². The molecule has 1 heterocycles. The first kappa shape index (κ1) is 12.1. The van der Waals surface area contributed by atoms with E-state index < -0.39 is 0 Å². The van der Waals surface area contributed by atoms with Crippen molar-refractivity contribution >= 4 is 0 Å². The minimum Gasteiger partial charge on any atom is -0.390 e. The van der Waals surface area contributed by atoms with Crippen LogP contribution in [0, 0.1) is 5.92 Å². The molecule has 1 saturated heterocycles. The average molecular weight is 229 g/mol. The fraction of sp³-hybridized carbons (Fsp3) is 0.333. The molecule has 0 saturated carbocycles. The smallest absolute Gasteiger partial charge is 0.0805 e. The van der Waals surface area contributed by atoms with Gasteiger partial charge in [0.2, 0.25) is 0 Å². The average Bonchev–Trinajstić information content (AvgIpc) is 2.66. The van der Waals surface area contributed by atoms with Crippen LogP contribution in [0.15, 0.2) is 55.6 Å². The SMILES string of the molecule is C=C[C@H]1CN(Cc2ccccc2)[C@@H](C=C)[C@@H]1O. The second-order valence-corrected chi connectivity index (χ2v) is 4.53. The molecule has 17 heavy (non-hydrogen) atoms. The Morgan fingerprint density at radius 1 is 1.24 bits per heavy atom. The number of hydrogen-bond donors (Lipinski definition) is 1. The molecule has 1 aliphatic rings. The number of nitrogens with zero attached hydrogens (tertiary/aromatic N) is 1. The lowest BCUT2D eigenvalue weighted by Gasteiger charge is -2.22. The molecular weight excluding hydrogens is 210 g/mol. The minimum absolute atomic E-state index is 0.0261. The fourth-order valence-electron chi connectivity index (χ4n) is 2.46. The Morgan fingerprint density at radius 3 is 2.53 bits per heavy atom. The zero-order valence-electron chi connectivity index (χ0n) is 10.00. The molecule has 0 aromatic heterocycles. The summed E-state index contributed by atoms with van der Waals surface area (Å²) in [5, 5.41) is 10.1. The summed E-state index contributed by atoms with van der Waals surface area (Å²) in [6, 6.07) is 10.3. The summed E-state index contributed by atoms with van der Waals surface area (Å²) in [6.45, 7) is 9.29. The van der Waals surface area contributed by atoms with E-state index in [9.17, 15) is 5.11 Å². The molecule has 0 spiro atoms. The molecule has 0 radical (unpaired) electrons. The molecule has 2 nitrogen and oxygen atoms in total. The van der Waals surface area contributed by atoms with E-state index in [-0.39, 0.29) is 18.1 Å². The molecule has 1 aliphatic heterocycles. The van der Waals surface area contributed by atoms with Crippen molar-refractivity contribution in [2.45, 2.75) is 18.7 Å². The van der Waals surface area contributed by atoms with Crippen LogP contribution in [-0.4, -0.2) is 28.7 Å². The normalized spacial score (nSPS) is 29.1. The topological polar surface area (TPSA) is 23.5 Å². The predicted octanol–water partition coefficient (Wildman–Crippen LogP) is 2.22. The van der Waals surface area contributed by atoms with Gasteiger partial charge in [0.05, 0.1) is 12.1 Å². The van der Waals surface area contributed by atoms with Gasteiger partial charge >= 0.3 is 0 Å². The lowest BCUT2D eigenvalue weighted by Crippen LogP contribution is -2.33. The Hall–Kier alpha value is -1.38. The van der Waals surface area contributed by atoms with Crippen LogP contribution in [-0.2, 0) is 6.54 Å². The monoisotopic (exact) mass is 229 g/mol. The Balaban J connectivity index is 2.10. The molecule has 0 amide bonds. The van der Waals surface area contributed by atoms with E-state index in [1.807, 2.05) is 30.4 Å². The summed E-state index contributed by atoms with van der Waals surface area (Å²) in [6.07, 6.45) is 3.29. The molecule has 0 aliphatic carbocycles. The molecule has 1 aromatic carbocycles. The summed E-state index contributed by atoms with van der Waals surface area (Å²) in [5.74, 6) is 0.140. The highest BCUT2D eigenvalue weighted by molar-refractivity contribution is 5.16. The number of aliphatic hydroxyl groups is 1. The third kappa shape index (κ3) is 2.48. The summed E-state index contributed by atoms with van der Waals surface area (Å²) in [7, 11) is 0. The van der Waals surface area contributed by atoms with Crippen molar-refractivity contribution in [1.82, 2.24) is 4.90 Å². The largest absolute Gasteiger partial charge is 0.390 e. The van der Waals surface area contributed by atoms with Crippen LogP contribution in [0.25, 0.3) is 0 Å². The van der Waals surface area contributed by atoms with Gasteiger partial charge in [-0.05, 0) is 5.56 Å². The van der Waals surface area contributed by atoms with Gasteiger partial charge in [-0.2, -0.15) is 0 Å². The Labute approximate surface area is 103 Å². The third-order valence-electron chi connectivity index (χ3n) is 3.43. The van der Waals surface area contributed by atoms with E-state index in [4.69, 9.17) is 0 Å². The van der Waals surface area contributed by atoms with Crippen LogP contribution in [0.3, 0.4) is 0 Å². The van der Waals surface area contributed by atoms with Crippen LogP contribution in [0.4, 0.5) is 0 Å². The van der Waals surface area contributed by atoms with Gasteiger partial charge in [0.15, 0.2) is 0 Å². The van der Waals surface area contributed by atoms with Crippen molar-refractivity contribution < 1.29 is 5.11 Å². The van der Waals surface area contributed by atoms with E-state index in [2.05, 4.69) is 30.2 Å². The molecule has 1 fully saturated rings. The fourth-order valence-corrected chi connectivity index (χ4v) is 2.46. The first-order valence-corrected chi connectivity index (χ1v) is 5.97. The van der Waals surface area contributed by atoms with Gasteiger partial charge in [0.1, 0.15) is 0 Å². The maximum atomic E-state index is 10.1. The van der Waals surface area contributed by atoms with Gasteiger partial charge in [-0.3, -0.25) is 4.90 Å². The Kier molecular flexibility index (Phi) is 3.77. The van der Waals surface area contributed by atoms with Gasteiger partial charge in [-0.25, -0.2) is 0 Å². The second kappa shape index (κ2) is 5.30. The lowest BCUT2D eigenvalue weighted by molar-refractivity contribution is 0.125. The Morgan fingerprint density at radius 2 is 1.94 bits per heavy atom. The van der Waals surface area contributed by atoms with Crippen LogP contribution in [0.5, 0.6) is 0 Å².